The van der Waals surface area contributed by atoms with Crippen LogP contribution in [0.5, 0.6) is 0 Å². The first-order valence-electron chi connectivity index (χ1n) is 5.59. The Hall–Kier alpha value is -0.273. The van der Waals surface area contributed by atoms with Crippen molar-refractivity contribution < 1.29 is 31.8 Å². The van der Waals surface area contributed by atoms with Gasteiger partial charge in [-0.05, 0) is 24.5 Å². The molecule has 0 heterocycles. The van der Waals surface area contributed by atoms with Gasteiger partial charge in [0.2, 0.25) is 0 Å². The zero-order valence-electron chi connectivity index (χ0n) is 10.5. The number of aryl methyl sites for hydroxylation is 1. The molecule has 0 saturated heterocycles. The van der Waals surface area contributed by atoms with Gasteiger partial charge in [0, 0.05) is 0 Å². The molecule has 1 rings (SSSR count). The van der Waals surface area contributed by atoms with Crippen molar-refractivity contribution in [3.05, 3.63) is 29.8 Å². The fourth-order valence-corrected chi connectivity index (χ4v) is 2.43. The normalized spacial score (nSPS) is 10.9. The van der Waals surface area contributed by atoms with Crippen LogP contribution in [0.15, 0.2) is 29.2 Å². The summed E-state index contributed by atoms with van der Waals surface area (Å²) in [6.07, 6.45) is 4.95. The number of benzene rings is 1. The molecule has 3 nitrogen and oxygen atoms in total. The van der Waals surface area contributed by atoms with Gasteiger partial charge in [0.15, 0.2) is 0 Å². The summed E-state index contributed by atoms with van der Waals surface area (Å²) in [5.41, 5.74) is 0.647. The Balaban J connectivity index is 0.00000256. The Morgan fingerprint density at radius 1 is 1.12 bits per heavy atom. The summed E-state index contributed by atoms with van der Waals surface area (Å²) in [6, 6.07) is 6.46. The molecule has 0 N–H and O–H groups in total. The van der Waals surface area contributed by atoms with E-state index in [2.05, 4.69) is 6.92 Å². The largest absolute Gasteiger partial charge is 1.00 e. The van der Waals surface area contributed by atoms with Crippen LogP contribution in [0.2, 0.25) is 0 Å². The Morgan fingerprint density at radius 2 is 1.76 bits per heavy atom. The maximum absolute atomic E-state index is 11.0. The summed E-state index contributed by atoms with van der Waals surface area (Å²) in [5.74, 6) is 0. The number of hydrogen-bond donors (Lipinski definition) is 0. The fourth-order valence-electron chi connectivity index (χ4n) is 1.70. The molecule has 0 radical (unpaired) electrons. The van der Waals surface area contributed by atoms with Gasteiger partial charge in [-0.1, -0.05) is 44.4 Å². The van der Waals surface area contributed by atoms with Crippen LogP contribution in [0.4, 0.5) is 0 Å². The average Bonchev–Trinajstić information content (AvgIpc) is 2.24. The Morgan fingerprint density at radius 3 is 2.35 bits per heavy atom. The third-order valence-corrected chi connectivity index (χ3v) is 3.48. The standard InChI is InChI=1S/C12H18O3S.Li/c1-2-3-4-5-8-11-9-6-7-10-12(11)16(13,14)15;/h6-7,9-10H,2-5,8H2,1H3,(H,13,14,15);/q;+1/p-1. The van der Waals surface area contributed by atoms with Crippen molar-refractivity contribution in [2.45, 2.75) is 43.9 Å². The summed E-state index contributed by atoms with van der Waals surface area (Å²) in [4.78, 5) is -0.0634. The van der Waals surface area contributed by atoms with E-state index in [4.69, 9.17) is 0 Å². The van der Waals surface area contributed by atoms with E-state index < -0.39 is 10.1 Å². The summed E-state index contributed by atoms with van der Waals surface area (Å²) in [5, 5.41) is 0. The first-order chi connectivity index (χ1) is 7.55. The molecule has 1 aromatic carbocycles. The second kappa shape index (κ2) is 7.94. The topological polar surface area (TPSA) is 57.2 Å². The van der Waals surface area contributed by atoms with Gasteiger partial charge < -0.3 is 4.55 Å². The minimum Gasteiger partial charge on any atom is -0.744 e. The van der Waals surface area contributed by atoms with E-state index in [0.717, 1.165) is 25.7 Å². The molecule has 0 aliphatic carbocycles. The minimum atomic E-state index is -4.33. The minimum absolute atomic E-state index is 0. The molecule has 0 saturated carbocycles. The molecule has 0 unspecified atom stereocenters. The zero-order valence-corrected chi connectivity index (χ0v) is 11.3. The van der Waals surface area contributed by atoms with E-state index in [-0.39, 0.29) is 23.8 Å². The van der Waals surface area contributed by atoms with Gasteiger partial charge in [-0.3, -0.25) is 0 Å². The number of rotatable bonds is 6. The predicted octanol–water partition coefficient (Wildman–Crippen LogP) is -0.282. The van der Waals surface area contributed by atoms with E-state index >= 15 is 0 Å². The second-order valence-corrected chi connectivity index (χ2v) is 5.22. The molecule has 0 aromatic heterocycles. The molecule has 90 valence electrons. The first kappa shape index (κ1) is 16.7. The summed E-state index contributed by atoms with van der Waals surface area (Å²) < 4.78 is 33.0. The van der Waals surface area contributed by atoms with Crippen LogP contribution in [0.3, 0.4) is 0 Å². The van der Waals surface area contributed by atoms with Crippen molar-refractivity contribution in [3.8, 4) is 0 Å². The molecule has 0 spiro atoms. The van der Waals surface area contributed by atoms with Gasteiger partial charge in [-0.25, -0.2) is 8.42 Å². The predicted molar refractivity (Wildman–Crippen MR) is 62.3 cm³/mol. The monoisotopic (exact) mass is 248 g/mol. The molecule has 0 aliphatic heterocycles. The van der Waals surface area contributed by atoms with Crippen LogP contribution in [0.1, 0.15) is 38.2 Å². The van der Waals surface area contributed by atoms with E-state index in [9.17, 15) is 13.0 Å². The van der Waals surface area contributed by atoms with E-state index in [1.807, 2.05) is 0 Å². The molecule has 5 heteroatoms. The van der Waals surface area contributed by atoms with E-state index in [0.29, 0.717) is 12.0 Å². The van der Waals surface area contributed by atoms with Crippen LogP contribution in [0.25, 0.3) is 0 Å². The van der Waals surface area contributed by atoms with E-state index in [1.165, 1.54) is 6.07 Å². The Labute approximate surface area is 116 Å². The third kappa shape index (κ3) is 5.74. The van der Waals surface area contributed by atoms with Gasteiger partial charge in [-0.15, -0.1) is 0 Å². The van der Waals surface area contributed by atoms with Crippen molar-refractivity contribution in [1.82, 2.24) is 0 Å². The molecule has 0 atom stereocenters. The summed E-state index contributed by atoms with van der Waals surface area (Å²) >= 11 is 0. The van der Waals surface area contributed by atoms with Gasteiger partial charge in [0.05, 0.1) is 4.90 Å². The summed E-state index contributed by atoms with van der Waals surface area (Å²) in [7, 11) is -4.33. The zero-order chi connectivity index (χ0) is 12.0. The molecule has 0 amide bonds. The van der Waals surface area contributed by atoms with Crippen LogP contribution < -0.4 is 18.9 Å². The molecule has 17 heavy (non-hydrogen) atoms. The van der Waals surface area contributed by atoms with Gasteiger partial charge in [0.25, 0.3) is 0 Å². The molecular weight excluding hydrogens is 231 g/mol. The Bertz CT molecular complexity index is 429. The van der Waals surface area contributed by atoms with Crippen molar-refractivity contribution in [2.24, 2.45) is 0 Å². The smallest absolute Gasteiger partial charge is 0.744 e. The van der Waals surface area contributed by atoms with E-state index in [1.54, 1.807) is 18.2 Å². The molecule has 0 aliphatic rings. The number of unbranched alkanes of at least 4 members (excludes halogenated alkanes) is 3. The molecule has 0 fully saturated rings. The van der Waals surface area contributed by atoms with Crippen LogP contribution in [-0.4, -0.2) is 13.0 Å². The first-order valence-corrected chi connectivity index (χ1v) is 7.00. The van der Waals surface area contributed by atoms with Gasteiger partial charge in [0.1, 0.15) is 10.1 Å². The maximum atomic E-state index is 11.0. The van der Waals surface area contributed by atoms with Crippen molar-refractivity contribution in [2.75, 3.05) is 0 Å². The average molecular weight is 248 g/mol. The van der Waals surface area contributed by atoms with Crippen LogP contribution in [-0.2, 0) is 16.5 Å². The van der Waals surface area contributed by atoms with Crippen molar-refractivity contribution >= 4 is 10.1 Å². The molecular formula is C12H17LiO3S. The quantitative estimate of drug-likeness (QED) is 0.395. The third-order valence-electron chi connectivity index (χ3n) is 2.54. The van der Waals surface area contributed by atoms with Gasteiger partial charge in [-0.2, -0.15) is 0 Å². The van der Waals surface area contributed by atoms with Crippen molar-refractivity contribution in [1.29, 1.82) is 0 Å². The maximum Gasteiger partial charge on any atom is 1.00 e. The van der Waals surface area contributed by atoms with Crippen LogP contribution >= 0.6 is 0 Å². The molecule has 1 aromatic rings. The van der Waals surface area contributed by atoms with Gasteiger partial charge >= 0.3 is 18.9 Å². The molecule has 0 bridgehead atoms. The second-order valence-electron chi connectivity index (χ2n) is 3.87. The summed E-state index contributed by atoms with van der Waals surface area (Å²) in [6.45, 7) is 2.12. The fraction of sp³-hybridized carbons (Fsp3) is 0.500. The van der Waals surface area contributed by atoms with Crippen LogP contribution in [0, 0.1) is 0 Å². The van der Waals surface area contributed by atoms with Crippen molar-refractivity contribution in [3.63, 3.8) is 0 Å². The Kier molecular flexibility index (Phi) is 7.81. The number of hydrogen-bond acceptors (Lipinski definition) is 3. The SMILES string of the molecule is CCCCCCc1ccccc1S(=O)(=O)[O-].[Li+].